The molecule has 3 aromatic carbocycles. The lowest BCUT2D eigenvalue weighted by molar-refractivity contribution is 0.0564. The van der Waals surface area contributed by atoms with Crippen molar-refractivity contribution in [2.45, 2.75) is 30.9 Å². The fraction of sp³-hybridized carbons (Fsp3) is 0.310. The Morgan fingerprint density at radius 3 is 2.53 bits per heavy atom. The fourth-order valence-electron chi connectivity index (χ4n) is 4.55. The van der Waals surface area contributed by atoms with E-state index >= 15 is 0 Å². The highest BCUT2D eigenvalue weighted by Gasteiger charge is 2.38. The summed E-state index contributed by atoms with van der Waals surface area (Å²) >= 11 is 0. The van der Waals surface area contributed by atoms with Gasteiger partial charge in [0.25, 0.3) is 5.91 Å². The Balaban J connectivity index is 1.76. The molecule has 38 heavy (non-hydrogen) atoms. The number of nitriles is 1. The first-order valence-corrected chi connectivity index (χ1v) is 13.8. The summed E-state index contributed by atoms with van der Waals surface area (Å²) < 4.78 is 35.1. The summed E-state index contributed by atoms with van der Waals surface area (Å²) in [6, 6.07) is 22.3. The second-order valence-corrected chi connectivity index (χ2v) is 11.5. The number of aliphatic hydroxyl groups is 1. The lowest BCUT2D eigenvalue weighted by Gasteiger charge is -2.37. The van der Waals surface area contributed by atoms with Crippen molar-refractivity contribution in [3.05, 3.63) is 83.9 Å². The molecule has 0 saturated carbocycles. The van der Waals surface area contributed by atoms with Crippen LogP contribution in [0.25, 0.3) is 11.1 Å². The predicted molar refractivity (Wildman–Crippen MR) is 144 cm³/mol. The molecule has 1 aliphatic heterocycles. The standard InChI is InChI=1S/C29H31N3O5S/c1-20-17-32(21(2)19-33)38(35,36)28-13-12-25(24-11-7-8-22(14-24)16-30)15-26(28)37-27(20)18-31(3)29(34)23-9-5-4-6-10-23/h4-15,20-21,27,33H,17-19H2,1-3H3/t20-,21+,27+/m1/s1. The van der Waals surface area contributed by atoms with Crippen molar-refractivity contribution < 1.29 is 23.1 Å². The summed E-state index contributed by atoms with van der Waals surface area (Å²) in [5.41, 5.74) is 2.47. The Labute approximate surface area is 223 Å². The molecule has 3 atom stereocenters. The van der Waals surface area contributed by atoms with Crippen LogP contribution in [0.4, 0.5) is 0 Å². The van der Waals surface area contributed by atoms with Gasteiger partial charge in [0, 0.05) is 31.1 Å². The SMILES string of the molecule is C[C@@H]1CN([C@@H](C)CO)S(=O)(=O)c2ccc(-c3cccc(C#N)c3)cc2O[C@H]1CN(C)C(=O)c1ccccc1. The smallest absolute Gasteiger partial charge is 0.253 e. The van der Waals surface area contributed by atoms with E-state index in [1.54, 1.807) is 73.5 Å². The molecule has 1 heterocycles. The minimum absolute atomic E-state index is 0.00748. The number of benzene rings is 3. The summed E-state index contributed by atoms with van der Waals surface area (Å²) in [5, 5.41) is 19.2. The van der Waals surface area contributed by atoms with Gasteiger partial charge in [0.1, 0.15) is 16.7 Å². The summed E-state index contributed by atoms with van der Waals surface area (Å²) in [6.45, 7) is 3.55. The van der Waals surface area contributed by atoms with Crippen molar-refractivity contribution in [2.75, 3.05) is 26.7 Å². The maximum atomic E-state index is 13.7. The molecule has 198 valence electrons. The minimum atomic E-state index is -3.99. The Morgan fingerprint density at radius 2 is 1.84 bits per heavy atom. The normalized spacial score (nSPS) is 19.7. The third kappa shape index (κ3) is 5.58. The zero-order chi connectivity index (χ0) is 27.4. The average Bonchev–Trinajstić information content (AvgIpc) is 2.94. The molecule has 0 aliphatic carbocycles. The van der Waals surface area contributed by atoms with Crippen LogP contribution in [0.5, 0.6) is 5.75 Å². The van der Waals surface area contributed by atoms with Crippen LogP contribution < -0.4 is 4.74 Å². The number of ether oxygens (including phenoxy) is 1. The number of aliphatic hydroxyl groups excluding tert-OH is 1. The van der Waals surface area contributed by atoms with Gasteiger partial charge >= 0.3 is 0 Å². The van der Waals surface area contributed by atoms with Gasteiger partial charge in [0.05, 0.1) is 24.8 Å². The Morgan fingerprint density at radius 1 is 1.13 bits per heavy atom. The lowest BCUT2D eigenvalue weighted by atomic mass is 10.0. The largest absolute Gasteiger partial charge is 0.487 e. The molecule has 0 radical (unpaired) electrons. The number of rotatable bonds is 6. The minimum Gasteiger partial charge on any atom is -0.487 e. The highest BCUT2D eigenvalue weighted by molar-refractivity contribution is 7.89. The predicted octanol–water partition coefficient (Wildman–Crippen LogP) is 3.77. The first kappa shape index (κ1) is 27.3. The van der Waals surface area contributed by atoms with E-state index in [2.05, 4.69) is 6.07 Å². The van der Waals surface area contributed by atoms with Crippen molar-refractivity contribution in [3.63, 3.8) is 0 Å². The molecule has 0 spiro atoms. The van der Waals surface area contributed by atoms with Gasteiger partial charge in [-0.2, -0.15) is 9.57 Å². The van der Waals surface area contributed by atoms with Crippen LogP contribution in [-0.4, -0.2) is 67.5 Å². The van der Waals surface area contributed by atoms with Gasteiger partial charge in [0.2, 0.25) is 10.0 Å². The topological polar surface area (TPSA) is 111 Å². The van der Waals surface area contributed by atoms with E-state index in [1.807, 2.05) is 19.1 Å². The molecule has 1 amide bonds. The van der Waals surface area contributed by atoms with Gasteiger partial charge in [-0.25, -0.2) is 8.42 Å². The number of hydrogen-bond acceptors (Lipinski definition) is 6. The van der Waals surface area contributed by atoms with Gasteiger partial charge in [-0.3, -0.25) is 4.79 Å². The molecule has 0 bridgehead atoms. The summed E-state index contributed by atoms with van der Waals surface area (Å²) in [7, 11) is -2.30. The maximum absolute atomic E-state index is 13.7. The van der Waals surface area contributed by atoms with Crippen molar-refractivity contribution in [2.24, 2.45) is 5.92 Å². The summed E-state index contributed by atoms with van der Waals surface area (Å²) in [5.74, 6) is -0.306. The van der Waals surface area contributed by atoms with Gasteiger partial charge in [-0.15, -0.1) is 0 Å². The third-order valence-electron chi connectivity index (χ3n) is 6.81. The van der Waals surface area contributed by atoms with Crippen LogP contribution in [0.1, 0.15) is 29.8 Å². The highest BCUT2D eigenvalue weighted by atomic mass is 32.2. The highest BCUT2D eigenvalue weighted by Crippen LogP contribution is 2.36. The molecule has 8 nitrogen and oxygen atoms in total. The lowest BCUT2D eigenvalue weighted by Crippen LogP contribution is -2.50. The van der Waals surface area contributed by atoms with Crippen LogP contribution >= 0.6 is 0 Å². The van der Waals surface area contributed by atoms with Crippen LogP contribution in [0.2, 0.25) is 0 Å². The van der Waals surface area contributed by atoms with E-state index in [0.29, 0.717) is 16.7 Å². The van der Waals surface area contributed by atoms with Crippen LogP contribution in [-0.2, 0) is 10.0 Å². The van der Waals surface area contributed by atoms with E-state index < -0.39 is 22.2 Å². The van der Waals surface area contributed by atoms with Gasteiger partial charge in [0.15, 0.2) is 0 Å². The van der Waals surface area contributed by atoms with Crippen LogP contribution in [0, 0.1) is 17.2 Å². The Hall–Kier alpha value is -3.71. The average molecular weight is 534 g/mol. The van der Waals surface area contributed by atoms with Crippen molar-refractivity contribution in [1.29, 1.82) is 5.26 Å². The monoisotopic (exact) mass is 533 g/mol. The number of sulfonamides is 1. The molecule has 0 aromatic heterocycles. The van der Waals surface area contributed by atoms with E-state index in [0.717, 1.165) is 5.56 Å². The number of likely N-dealkylation sites (N-methyl/N-ethyl adjacent to an activating group) is 1. The van der Waals surface area contributed by atoms with E-state index in [-0.39, 0.29) is 42.2 Å². The number of amides is 1. The molecule has 1 aliphatic rings. The second kappa shape index (κ2) is 11.4. The molecule has 0 unspecified atom stereocenters. The fourth-order valence-corrected chi connectivity index (χ4v) is 6.37. The summed E-state index contributed by atoms with van der Waals surface area (Å²) in [4.78, 5) is 14.6. The van der Waals surface area contributed by atoms with Gasteiger partial charge in [-0.1, -0.05) is 43.3 Å². The van der Waals surface area contributed by atoms with Crippen molar-refractivity contribution in [3.8, 4) is 22.9 Å². The number of fused-ring (bicyclic) bond motifs is 1. The number of carbonyl (C=O) groups is 1. The first-order valence-electron chi connectivity index (χ1n) is 12.4. The maximum Gasteiger partial charge on any atom is 0.253 e. The quantitative estimate of drug-likeness (QED) is 0.517. The van der Waals surface area contributed by atoms with Crippen LogP contribution in [0.3, 0.4) is 0 Å². The van der Waals surface area contributed by atoms with Crippen LogP contribution in [0.15, 0.2) is 77.7 Å². The number of hydrogen-bond donors (Lipinski definition) is 1. The molecular weight excluding hydrogens is 502 g/mol. The zero-order valence-corrected chi connectivity index (χ0v) is 22.4. The molecule has 3 aromatic rings. The molecule has 9 heteroatoms. The zero-order valence-electron chi connectivity index (χ0n) is 21.6. The Kier molecular flexibility index (Phi) is 8.17. The molecule has 0 fully saturated rings. The van der Waals surface area contributed by atoms with Crippen molar-refractivity contribution >= 4 is 15.9 Å². The number of nitrogens with zero attached hydrogens (tertiary/aromatic N) is 3. The molecular formula is C29H31N3O5S. The van der Waals surface area contributed by atoms with E-state index in [9.17, 15) is 23.6 Å². The van der Waals surface area contributed by atoms with Gasteiger partial charge in [-0.05, 0) is 54.4 Å². The van der Waals surface area contributed by atoms with Crippen molar-refractivity contribution in [1.82, 2.24) is 9.21 Å². The van der Waals surface area contributed by atoms with E-state index in [1.165, 1.54) is 10.4 Å². The third-order valence-corrected chi connectivity index (χ3v) is 8.83. The molecule has 0 saturated heterocycles. The van der Waals surface area contributed by atoms with E-state index in [4.69, 9.17) is 4.74 Å². The van der Waals surface area contributed by atoms with Gasteiger partial charge < -0.3 is 14.7 Å². The molecule has 4 rings (SSSR count). The molecule has 1 N–H and O–H groups in total. The summed E-state index contributed by atoms with van der Waals surface area (Å²) in [6.07, 6.45) is -0.531. The second-order valence-electron chi connectivity index (χ2n) is 9.65. The number of carbonyl (C=O) groups excluding carboxylic acids is 1. The Bertz CT molecular complexity index is 1450. The first-order chi connectivity index (χ1) is 18.1.